The zero-order valence-electron chi connectivity index (χ0n) is 17.1. The maximum absolute atomic E-state index is 12.1. The number of aliphatic imine (C=N–C) groups is 1. The van der Waals surface area contributed by atoms with E-state index < -0.39 is 6.04 Å². The molecule has 2 rings (SSSR count). The van der Waals surface area contributed by atoms with Crippen LogP contribution in [0.2, 0.25) is 0 Å². The lowest BCUT2D eigenvalue weighted by Crippen LogP contribution is -2.40. The van der Waals surface area contributed by atoms with E-state index in [9.17, 15) is 4.79 Å². The van der Waals surface area contributed by atoms with E-state index in [-0.39, 0.29) is 11.9 Å². The SMILES string of the molecule is CN(Cc1ccccc1)Cc1ccc(CNC(=O)[C@@H](N)CCCN=C(N)N)cc1. The van der Waals surface area contributed by atoms with Crippen LogP contribution in [0.15, 0.2) is 59.6 Å². The molecule has 0 aliphatic heterocycles. The summed E-state index contributed by atoms with van der Waals surface area (Å²) in [5.74, 6) is -0.112. The van der Waals surface area contributed by atoms with Gasteiger partial charge in [0, 0.05) is 26.2 Å². The fourth-order valence-corrected chi connectivity index (χ4v) is 3.00. The van der Waals surface area contributed by atoms with E-state index in [1.165, 1.54) is 11.1 Å². The molecule has 29 heavy (non-hydrogen) atoms. The molecule has 7 heteroatoms. The standard InChI is InChI=1S/C22H32N6O/c1-28(15-18-6-3-2-4-7-18)16-19-11-9-17(10-12-19)14-27-21(29)20(23)8-5-13-26-22(24)25/h2-4,6-7,9-12,20H,5,8,13-16,23H2,1H3,(H,27,29)(H4,24,25,26)/t20-/m0/s1. The third kappa shape index (κ3) is 8.76. The highest BCUT2D eigenvalue weighted by atomic mass is 16.2. The number of guanidine groups is 1. The third-order valence-corrected chi connectivity index (χ3v) is 4.54. The van der Waals surface area contributed by atoms with E-state index >= 15 is 0 Å². The fraction of sp³-hybridized carbons (Fsp3) is 0.364. The number of carbonyl (C=O) groups excluding carboxylic acids is 1. The highest BCUT2D eigenvalue weighted by molar-refractivity contribution is 5.81. The van der Waals surface area contributed by atoms with Crippen LogP contribution in [-0.2, 0) is 24.4 Å². The Labute approximate surface area is 173 Å². The van der Waals surface area contributed by atoms with Gasteiger partial charge in [0.15, 0.2) is 5.96 Å². The number of hydrogen-bond acceptors (Lipinski definition) is 4. The first kappa shape index (κ1) is 22.4. The van der Waals surface area contributed by atoms with Crippen LogP contribution in [0, 0.1) is 0 Å². The predicted molar refractivity (Wildman–Crippen MR) is 118 cm³/mol. The van der Waals surface area contributed by atoms with Gasteiger partial charge in [-0.05, 0) is 36.6 Å². The van der Waals surface area contributed by atoms with Crippen LogP contribution in [0.25, 0.3) is 0 Å². The van der Waals surface area contributed by atoms with Gasteiger partial charge in [-0.3, -0.25) is 14.7 Å². The summed E-state index contributed by atoms with van der Waals surface area (Å²) in [6.07, 6.45) is 1.20. The Balaban J connectivity index is 1.72. The van der Waals surface area contributed by atoms with E-state index in [1.54, 1.807) is 0 Å². The van der Waals surface area contributed by atoms with Crippen LogP contribution in [0.5, 0.6) is 0 Å². The van der Waals surface area contributed by atoms with Gasteiger partial charge in [0.2, 0.25) is 5.91 Å². The molecule has 7 N–H and O–H groups in total. The average molecular weight is 397 g/mol. The summed E-state index contributed by atoms with van der Waals surface area (Å²) in [6, 6.07) is 18.1. The van der Waals surface area contributed by atoms with Crippen molar-refractivity contribution in [2.45, 2.75) is 38.5 Å². The summed E-state index contributed by atoms with van der Waals surface area (Å²) in [5.41, 5.74) is 20.0. The summed E-state index contributed by atoms with van der Waals surface area (Å²) < 4.78 is 0. The molecular formula is C22H32N6O. The molecule has 0 aromatic heterocycles. The molecule has 1 atom stereocenters. The van der Waals surface area contributed by atoms with Gasteiger partial charge in [-0.2, -0.15) is 0 Å². The molecule has 7 nitrogen and oxygen atoms in total. The van der Waals surface area contributed by atoms with Gasteiger partial charge in [0.25, 0.3) is 0 Å². The Hall–Kier alpha value is -2.90. The second kappa shape index (κ2) is 11.8. The van der Waals surface area contributed by atoms with Crippen LogP contribution < -0.4 is 22.5 Å². The summed E-state index contributed by atoms with van der Waals surface area (Å²) in [6.45, 7) is 2.70. The molecular weight excluding hydrogens is 364 g/mol. The molecule has 0 bridgehead atoms. The molecule has 0 fully saturated rings. The highest BCUT2D eigenvalue weighted by Gasteiger charge is 2.12. The van der Waals surface area contributed by atoms with Crippen molar-refractivity contribution in [3.8, 4) is 0 Å². The van der Waals surface area contributed by atoms with Crippen molar-refractivity contribution in [3.63, 3.8) is 0 Å². The number of benzene rings is 2. The Kier molecular flexibility index (Phi) is 9.14. The van der Waals surface area contributed by atoms with Crippen molar-refractivity contribution in [1.82, 2.24) is 10.2 Å². The lowest BCUT2D eigenvalue weighted by molar-refractivity contribution is -0.122. The largest absolute Gasteiger partial charge is 0.370 e. The summed E-state index contributed by atoms with van der Waals surface area (Å²) in [4.78, 5) is 18.3. The fourth-order valence-electron chi connectivity index (χ4n) is 3.00. The van der Waals surface area contributed by atoms with E-state index in [0.717, 1.165) is 18.7 Å². The minimum atomic E-state index is -0.560. The number of nitrogens with zero attached hydrogens (tertiary/aromatic N) is 2. The summed E-state index contributed by atoms with van der Waals surface area (Å²) >= 11 is 0. The van der Waals surface area contributed by atoms with Gasteiger partial charge in [-0.15, -0.1) is 0 Å². The zero-order chi connectivity index (χ0) is 21.1. The Bertz CT molecular complexity index is 772. The van der Waals surface area contributed by atoms with E-state index in [0.29, 0.717) is 25.9 Å². The zero-order valence-corrected chi connectivity index (χ0v) is 17.1. The smallest absolute Gasteiger partial charge is 0.237 e. The van der Waals surface area contributed by atoms with Crippen LogP contribution in [0.3, 0.4) is 0 Å². The van der Waals surface area contributed by atoms with Gasteiger partial charge >= 0.3 is 0 Å². The first-order valence-electron chi connectivity index (χ1n) is 9.83. The maximum atomic E-state index is 12.1. The number of nitrogens with one attached hydrogen (secondary N) is 1. The molecule has 0 heterocycles. The number of amides is 1. The molecule has 0 unspecified atom stereocenters. The van der Waals surface area contributed by atoms with Crippen LogP contribution in [-0.4, -0.2) is 36.4 Å². The highest BCUT2D eigenvalue weighted by Crippen LogP contribution is 2.10. The molecule has 156 valence electrons. The van der Waals surface area contributed by atoms with E-state index in [1.807, 2.05) is 18.2 Å². The van der Waals surface area contributed by atoms with Crippen LogP contribution in [0.4, 0.5) is 0 Å². The first-order chi connectivity index (χ1) is 13.9. The van der Waals surface area contributed by atoms with Crippen molar-refractivity contribution >= 4 is 11.9 Å². The summed E-state index contributed by atoms with van der Waals surface area (Å²) in [7, 11) is 2.11. The Morgan fingerprint density at radius 2 is 1.59 bits per heavy atom. The van der Waals surface area contributed by atoms with Crippen LogP contribution >= 0.6 is 0 Å². The summed E-state index contributed by atoms with van der Waals surface area (Å²) in [5, 5.41) is 2.88. The van der Waals surface area contributed by atoms with Crippen molar-refractivity contribution < 1.29 is 4.79 Å². The number of rotatable bonds is 11. The molecule has 0 radical (unpaired) electrons. The molecule has 0 aliphatic rings. The predicted octanol–water partition coefficient (Wildman–Crippen LogP) is 1.32. The molecule has 2 aromatic carbocycles. The molecule has 0 saturated heterocycles. The lowest BCUT2D eigenvalue weighted by Gasteiger charge is -2.17. The molecule has 0 spiro atoms. The van der Waals surface area contributed by atoms with E-state index in [2.05, 4.69) is 58.7 Å². The minimum Gasteiger partial charge on any atom is -0.370 e. The molecule has 0 saturated carbocycles. The van der Waals surface area contributed by atoms with E-state index in [4.69, 9.17) is 17.2 Å². The normalized spacial score (nSPS) is 11.8. The minimum absolute atomic E-state index is 0.0535. The molecule has 1 amide bonds. The Morgan fingerprint density at radius 1 is 1.00 bits per heavy atom. The quantitative estimate of drug-likeness (QED) is 0.259. The maximum Gasteiger partial charge on any atom is 0.237 e. The van der Waals surface area contributed by atoms with Gasteiger partial charge in [0.1, 0.15) is 0 Å². The lowest BCUT2D eigenvalue weighted by atomic mass is 10.1. The van der Waals surface area contributed by atoms with Gasteiger partial charge in [0.05, 0.1) is 6.04 Å². The van der Waals surface area contributed by atoms with Crippen molar-refractivity contribution in [2.75, 3.05) is 13.6 Å². The molecule has 2 aromatic rings. The van der Waals surface area contributed by atoms with Crippen LogP contribution in [0.1, 0.15) is 29.5 Å². The monoisotopic (exact) mass is 396 g/mol. The number of nitrogens with two attached hydrogens (primary N) is 3. The average Bonchev–Trinajstić information content (AvgIpc) is 2.70. The number of hydrogen-bond donors (Lipinski definition) is 4. The Morgan fingerprint density at radius 3 is 2.21 bits per heavy atom. The second-order valence-electron chi connectivity index (χ2n) is 7.25. The third-order valence-electron chi connectivity index (χ3n) is 4.54. The topological polar surface area (TPSA) is 123 Å². The van der Waals surface area contributed by atoms with Gasteiger partial charge in [-0.25, -0.2) is 0 Å². The second-order valence-corrected chi connectivity index (χ2v) is 7.25. The van der Waals surface area contributed by atoms with Crippen molar-refractivity contribution in [3.05, 3.63) is 71.3 Å². The van der Waals surface area contributed by atoms with Crippen molar-refractivity contribution in [1.29, 1.82) is 0 Å². The van der Waals surface area contributed by atoms with Gasteiger partial charge in [-0.1, -0.05) is 54.6 Å². The first-order valence-corrected chi connectivity index (χ1v) is 9.83. The number of carbonyl (C=O) groups is 1. The molecule has 0 aliphatic carbocycles. The van der Waals surface area contributed by atoms with Crippen molar-refractivity contribution in [2.24, 2.45) is 22.2 Å². The van der Waals surface area contributed by atoms with Gasteiger partial charge < -0.3 is 22.5 Å².